The number of ketones is 1. The van der Waals surface area contributed by atoms with Crippen molar-refractivity contribution in [2.24, 2.45) is 0 Å². The molecule has 0 bridgehead atoms. The number of rotatable bonds is 3. The molecule has 1 heterocycles. The molecule has 0 aliphatic heterocycles. The fourth-order valence-corrected chi connectivity index (χ4v) is 3.15. The zero-order valence-electron chi connectivity index (χ0n) is 10.3. The lowest BCUT2D eigenvalue weighted by molar-refractivity contribution is 0.0946. The fraction of sp³-hybridized carbons (Fsp3) is 0.267. The molecule has 3 rings (SSSR count). The Hall–Kier alpha value is -1.61. The van der Waals surface area contributed by atoms with Gasteiger partial charge >= 0.3 is 0 Å². The summed E-state index contributed by atoms with van der Waals surface area (Å²) in [4.78, 5) is 13.8. The van der Waals surface area contributed by atoms with Gasteiger partial charge in [-0.1, -0.05) is 12.1 Å². The molecule has 1 aliphatic rings. The Morgan fingerprint density at radius 3 is 2.39 bits per heavy atom. The van der Waals surface area contributed by atoms with Gasteiger partial charge in [0, 0.05) is 16.1 Å². The van der Waals surface area contributed by atoms with Gasteiger partial charge in [-0.3, -0.25) is 4.79 Å². The highest BCUT2D eigenvalue weighted by molar-refractivity contribution is 7.10. The number of thiophene rings is 1. The summed E-state index contributed by atoms with van der Waals surface area (Å²) in [6.45, 7) is 2.01. The van der Waals surface area contributed by atoms with Gasteiger partial charge in [-0.05, 0) is 48.9 Å². The molecule has 0 atom stereocenters. The van der Waals surface area contributed by atoms with E-state index in [1.807, 2.05) is 42.6 Å². The van der Waals surface area contributed by atoms with Crippen molar-refractivity contribution in [1.82, 2.24) is 0 Å². The molecule has 0 unspecified atom stereocenters. The molecule has 3 heteroatoms. The number of hydrogen-bond donors (Lipinski definition) is 1. The third-order valence-corrected chi connectivity index (χ3v) is 4.60. The Morgan fingerprint density at radius 1 is 1.22 bits per heavy atom. The average Bonchev–Trinajstić information content (AvgIpc) is 3.07. The Labute approximate surface area is 110 Å². The highest BCUT2D eigenvalue weighted by Crippen LogP contribution is 2.51. The van der Waals surface area contributed by atoms with Crippen molar-refractivity contribution in [2.75, 3.05) is 5.73 Å². The van der Waals surface area contributed by atoms with Crippen LogP contribution >= 0.6 is 11.3 Å². The van der Waals surface area contributed by atoms with Crippen molar-refractivity contribution >= 4 is 22.8 Å². The zero-order chi connectivity index (χ0) is 12.8. The van der Waals surface area contributed by atoms with Crippen LogP contribution in [-0.2, 0) is 5.41 Å². The highest BCUT2D eigenvalue weighted by atomic mass is 32.1. The first kappa shape index (κ1) is 11.5. The van der Waals surface area contributed by atoms with E-state index in [2.05, 4.69) is 0 Å². The van der Waals surface area contributed by atoms with E-state index in [9.17, 15) is 4.79 Å². The molecule has 2 aromatic rings. The third kappa shape index (κ3) is 1.66. The summed E-state index contributed by atoms with van der Waals surface area (Å²) in [6, 6.07) is 9.68. The molecule has 92 valence electrons. The Kier molecular flexibility index (Phi) is 2.52. The van der Waals surface area contributed by atoms with Gasteiger partial charge < -0.3 is 5.73 Å². The molecule has 2 nitrogen and oxygen atoms in total. The van der Waals surface area contributed by atoms with E-state index < -0.39 is 0 Å². The SMILES string of the molecule is Cc1sccc1C(=O)C1(c2ccc(N)cc2)CC1. The summed E-state index contributed by atoms with van der Waals surface area (Å²) in [6.07, 6.45) is 1.90. The molecule has 0 radical (unpaired) electrons. The van der Waals surface area contributed by atoms with E-state index in [0.29, 0.717) is 0 Å². The van der Waals surface area contributed by atoms with Crippen molar-refractivity contribution < 1.29 is 4.79 Å². The number of hydrogen-bond acceptors (Lipinski definition) is 3. The summed E-state index contributed by atoms with van der Waals surface area (Å²) < 4.78 is 0. The molecule has 0 amide bonds. The second kappa shape index (κ2) is 3.95. The first-order chi connectivity index (χ1) is 8.63. The Bertz CT molecular complexity index is 593. The van der Waals surface area contributed by atoms with Gasteiger partial charge in [-0.2, -0.15) is 0 Å². The topological polar surface area (TPSA) is 43.1 Å². The molecule has 1 aromatic carbocycles. The van der Waals surface area contributed by atoms with Gasteiger partial charge in [-0.25, -0.2) is 0 Å². The van der Waals surface area contributed by atoms with Gasteiger partial charge in [-0.15, -0.1) is 11.3 Å². The van der Waals surface area contributed by atoms with E-state index in [0.717, 1.165) is 34.5 Å². The maximum atomic E-state index is 12.7. The molecule has 18 heavy (non-hydrogen) atoms. The van der Waals surface area contributed by atoms with E-state index >= 15 is 0 Å². The fourth-order valence-electron chi connectivity index (χ4n) is 2.45. The summed E-state index contributed by atoms with van der Waals surface area (Å²) in [5.74, 6) is 0.269. The monoisotopic (exact) mass is 257 g/mol. The second-order valence-electron chi connectivity index (χ2n) is 4.92. The standard InChI is InChI=1S/C15H15NOS/c1-10-13(6-9-18-10)14(17)15(7-8-15)11-2-4-12(16)5-3-11/h2-6,9H,7-8,16H2,1H3. The normalized spacial score (nSPS) is 16.5. The van der Waals surface area contributed by atoms with E-state index in [4.69, 9.17) is 5.73 Å². The Balaban J connectivity index is 1.99. The molecule has 0 spiro atoms. The van der Waals surface area contributed by atoms with Crippen molar-refractivity contribution in [3.63, 3.8) is 0 Å². The minimum absolute atomic E-state index is 0.269. The van der Waals surface area contributed by atoms with Crippen LogP contribution in [0.5, 0.6) is 0 Å². The second-order valence-corrected chi connectivity index (χ2v) is 6.04. The lowest BCUT2D eigenvalue weighted by atomic mass is 9.87. The molecule has 1 saturated carbocycles. The molecular weight excluding hydrogens is 242 g/mol. The summed E-state index contributed by atoms with van der Waals surface area (Å²) >= 11 is 1.63. The minimum Gasteiger partial charge on any atom is -0.399 e. The summed E-state index contributed by atoms with van der Waals surface area (Å²) in [7, 11) is 0. The molecule has 1 aliphatic carbocycles. The van der Waals surface area contributed by atoms with Crippen molar-refractivity contribution in [2.45, 2.75) is 25.2 Å². The van der Waals surface area contributed by atoms with Crippen LogP contribution in [0.2, 0.25) is 0 Å². The maximum Gasteiger partial charge on any atom is 0.174 e. The first-order valence-corrected chi connectivity index (χ1v) is 6.96. The number of carbonyl (C=O) groups is 1. The van der Waals surface area contributed by atoms with Crippen LogP contribution in [0.4, 0.5) is 5.69 Å². The predicted molar refractivity (Wildman–Crippen MR) is 75.2 cm³/mol. The number of nitrogens with two attached hydrogens (primary N) is 1. The van der Waals surface area contributed by atoms with Crippen molar-refractivity contribution in [1.29, 1.82) is 0 Å². The van der Waals surface area contributed by atoms with Crippen molar-refractivity contribution in [3.8, 4) is 0 Å². The van der Waals surface area contributed by atoms with Gasteiger partial charge in [0.25, 0.3) is 0 Å². The van der Waals surface area contributed by atoms with Crippen LogP contribution < -0.4 is 5.73 Å². The number of aryl methyl sites for hydroxylation is 1. The molecular formula is C15H15NOS. The minimum atomic E-state index is -0.278. The van der Waals surface area contributed by atoms with E-state index in [1.54, 1.807) is 11.3 Å². The van der Waals surface area contributed by atoms with Crippen LogP contribution in [-0.4, -0.2) is 5.78 Å². The van der Waals surface area contributed by atoms with Gasteiger partial charge in [0.05, 0.1) is 5.41 Å². The lowest BCUT2D eigenvalue weighted by Crippen LogP contribution is -2.20. The molecule has 2 N–H and O–H groups in total. The average molecular weight is 257 g/mol. The van der Waals surface area contributed by atoms with Gasteiger partial charge in [0.15, 0.2) is 5.78 Å². The van der Waals surface area contributed by atoms with Crippen LogP contribution in [0.15, 0.2) is 35.7 Å². The van der Waals surface area contributed by atoms with Crippen LogP contribution in [0.3, 0.4) is 0 Å². The Morgan fingerprint density at radius 2 is 1.89 bits per heavy atom. The molecule has 1 aromatic heterocycles. The van der Waals surface area contributed by atoms with Crippen LogP contribution in [0.1, 0.15) is 33.6 Å². The number of carbonyl (C=O) groups excluding carboxylic acids is 1. The molecule has 1 fully saturated rings. The number of benzene rings is 1. The quantitative estimate of drug-likeness (QED) is 0.675. The predicted octanol–water partition coefficient (Wildman–Crippen LogP) is 3.55. The smallest absolute Gasteiger partial charge is 0.174 e. The van der Waals surface area contributed by atoms with E-state index in [-0.39, 0.29) is 11.2 Å². The van der Waals surface area contributed by atoms with Gasteiger partial charge in [0.1, 0.15) is 0 Å². The summed E-state index contributed by atoms with van der Waals surface area (Å²) in [5, 5.41) is 1.99. The first-order valence-electron chi connectivity index (χ1n) is 6.08. The summed E-state index contributed by atoms with van der Waals surface area (Å²) in [5.41, 5.74) is 8.16. The highest BCUT2D eigenvalue weighted by Gasteiger charge is 2.51. The van der Waals surface area contributed by atoms with Crippen molar-refractivity contribution in [3.05, 3.63) is 51.7 Å². The lowest BCUT2D eigenvalue weighted by Gasteiger charge is -2.14. The number of Topliss-reactive ketones (excluding diaryl/α,β-unsaturated/α-hetero) is 1. The third-order valence-electron chi connectivity index (χ3n) is 3.75. The van der Waals surface area contributed by atoms with Crippen LogP contribution in [0, 0.1) is 6.92 Å². The van der Waals surface area contributed by atoms with E-state index in [1.165, 1.54) is 0 Å². The van der Waals surface area contributed by atoms with Crippen LogP contribution in [0.25, 0.3) is 0 Å². The number of nitrogen functional groups attached to an aromatic ring is 1. The number of anilines is 1. The molecule has 0 saturated heterocycles. The zero-order valence-corrected chi connectivity index (χ0v) is 11.1. The largest absolute Gasteiger partial charge is 0.399 e. The van der Waals surface area contributed by atoms with Gasteiger partial charge in [0.2, 0.25) is 0 Å². The maximum absolute atomic E-state index is 12.7.